The molecule has 0 fully saturated rings. The normalized spacial score (nSPS) is 16.0. The maximum Gasteiger partial charge on any atom is 0.282 e. The van der Waals surface area contributed by atoms with E-state index in [0.717, 1.165) is 23.2 Å². The van der Waals surface area contributed by atoms with E-state index in [1.165, 1.54) is 10.5 Å². The Kier molecular flexibility index (Phi) is 4.06. The van der Waals surface area contributed by atoms with Crippen LogP contribution in [0, 0.1) is 6.92 Å². The van der Waals surface area contributed by atoms with Gasteiger partial charge in [0, 0.05) is 12.2 Å². The third-order valence-electron chi connectivity index (χ3n) is 5.54. The zero-order valence-corrected chi connectivity index (χ0v) is 16.1. The molecule has 0 unspecified atom stereocenters. The number of aryl methyl sites for hydroxylation is 1. The van der Waals surface area contributed by atoms with Gasteiger partial charge in [0.1, 0.15) is 5.70 Å². The van der Waals surface area contributed by atoms with Crippen molar-refractivity contribution >= 4 is 28.8 Å². The lowest BCUT2D eigenvalue weighted by molar-refractivity contribution is -0.120. The number of para-hydroxylation sites is 1. The molecule has 0 aliphatic carbocycles. The molecule has 0 atom stereocenters. The van der Waals surface area contributed by atoms with E-state index in [1.807, 2.05) is 84.6 Å². The quantitative estimate of drug-likeness (QED) is 0.635. The second-order valence-electron chi connectivity index (χ2n) is 7.40. The zero-order valence-electron chi connectivity index (χ0n) is 16.1. The summed E-state index contributed by atoms with van der Waals surface area (Å²) < 4.78 is 0. The Labute approximate surface area is 169 Å². The minimum absolute atomic E-state index is 0.267. The van der Waals surface area contributed by atoms with Gasteiger partial charge in [0.2, 0.25) is 0 Å². The number of benzene rings is 3. The van der Waals surface area contributed by atoms with E-state index in [2.05, 4.69) is 6.07 Å². The maximum atomic E-state index is 13.6. The molecule has 4 nitrogen and oxygen atoms in total. The van der Waals surface area contributed by atoms with E-state index in [9.17, 15) is 9.59 Å². The summed E-state index contributed by atoms with van der Waals surface area (Å²) in [6.07, 6.45) is 0.855. The molecule has 0 saturated carbocycles. The highest BCUT2D eigenvalue weighted by atomic mass is 16.2. The molecule has 142 valence electrons. The number of carbonyl (C=O) groups is 2. The van der Waals surface area contributed by atoms with Crippen molar-refractivity contribution in [3.8, 4) is 0 Å². The minimum atomic E-state index is -0.272. The third kappa shape index (κ3) is 2.76. The predicted molar refractivity (Wildman–Crippen MR) is 115 cm³/mol. The molecule has 3 aromatic carbocycles. The summed E-state index contributed by atoms with van der Waals surface area (Å²) >= 11 is 0. The highest BCUT2D eigenvalue weighted by Crippen LogP contribution is 2.40. The fraction of sp³-hybridized carbons (Fsp3) is 0.120. The van der Waals surface area contributed by atoms with Crippen molar-refractivity contribution in [3.05, 3.63) is 101 Å². The van der Waals surface area contributed by atoms with E-state index in [-0.39, 0.29) is 11.8 Å². The number of hydrogen-bond acceptors (Lipinski definition) is 3. The number of rotatable bonds is 3. The fourth-order valence-electron chi connectivity index (χ4n) is 4.21. The Hall–Kier alpha value is -3.66. The summed E-state index contributed by atoms with van der Waals surface area (Å²) in [4.78, 5) is 30.5. The summed E-state index contributed by atoms with van der Waals surface area (Å²) in [7, 11) is 0. The number of imide groups is 1. The Morgan fingerprint density at radius 3 is 2.34 bits per heavy atom. The second-order valence-corrected chi connectivity index (χ2v) is 7.40. The van der Waals surface area contributed by atoms with Gasteiger partial charge in [0.25, 0.3) is 11.8 Å². The average Bonchev–Trinajstić information content (AvgIpc) is 3.26. The molecule has 0 spiro atoms. The van der Waals surface area contributed by atoms with Crippen LogP contribution in [0.25, 0.3) is 5.57 Å². The Morgan fingerprint density at radius 1 is 0.793 bits per heavy atom. The lowest BCUT2D eigenvalue weighted by Crippen LogP contribution is -2.34. The van der Waals surface area contributed by atoms with Gasteiger partial charge in [0.05, 0.1) is 11.3 Å². The van der Waals surface area contributed by atoms with Crippen LogP contribution >= 0.6 is 0 Å². The molecule has 5 rings (SSSR count). The minimum Gasteiger partial charge on any atom is -0.336 e. The SMILES string of the molecule is Cc1cccc(N2C(=O)C(c3ccccc3)=C(N3CCc4ccccc43)C2=O)c1. The molecule has 29 heavy (non-hydrogen) atoms. The predicted octanol–water partition coefficient (Wildman–Crippen LogP) is 4.34. The van der Waals surface area contributed by atoms with E-state index in [0.29, 0.717) is 23.5 Å². The molecule has 0 aromatic heterocycles. The summed E-state index contributed by atoms with van der Waals surface area (Å²) in [6, 6.07) is 25.1. The van der Waals surface area contributed by atoms with E-state index in [1.54, 1.807) is 0 Å². The first-order valence-corrected chi connectivity index (χ1v) is 9.76. The van der Waals surface area contributed by atoms with E-state index in [4.69, 9.17) is 0 Å². The van der Waals surface area contributed by atoms with Crippen LogP contribution in [0.15, 0.2) is 84.6 Å². The van der Waals surface area contributed by atoms with Crippen molar-refractivity contribution in [2.24, 2.45) is 0 Å². The van der Waals surface area contributed by atoms with Gasteiger partial charge in [-0.2, -0.15) is 0 Å². The van der Waals surface area contributed by atoms with Gasteiger partial charge in [-0.25, -0.2) is 4.90 Å². The molecule has 0 saturated heterocycles. The number of anilines is 2. The van der Waals surface area contributed by atoms with Crippen LogP contribution in [0.3, 0.4) is 0 Å². The van der Waals surface area contributed by atoms with Gasteiger partial charge >= 0.3 is 0 Å². The van der Waals surface area contributed by atoms with Crippen molar-refractivity contribution in [3.63, 3.8) is 0 Å². The standard InChI is InChI=1S/C25H20N2O2/c1-17-8-7-12-20(16-17)27-24(28)22(19-10-3-2-4-11-19)23(25(27)29)26-15-14-18-9-5-6-13-21(18)26/h2-13,16H,14-15H2,1H3. The van der Waals surface area contributed by atoms with E-state index >= 15 is 0 Å². The second kappa shape index (κ2) is 6.74. The molecule has 4 heteroatoms. The van der Waals surface area contributed by atoms with E-state index < -0.39 is 0 Å². The van der Waals surface area contributed by atoms with Crippen LogP contribution in [-0.2, 0) is 16.0 Å². The fourth-order valence-corrected chi connectivity index (χ4v) is 4.21. The Bertz CT molecular complexity index is 1160. The zero-order chi connectivity index (χ0) is 20.0. The van der Waals surface area contributed by atoms with Crippen LogP contribution in [0.5, 0.6) is 0 Å². The molecule has 3 aromatic rings. The Morgan fingerprint density at radius 2 is 1.55 bits per heavy atom. The van der Waals surface area contributed by atoms with Crippen molar-refractivity contribution in [2.75, 3.05) is 16.3 Å². The largest absolute Gasteiger partial charge is 0.336 e. The highest BCUT2D eigenvalue weighted by molar-refractivity contribution is 6.46. The molecule has 2 aliphatic heterocycles. The van der Waals surface area contributed by atoms with Gasteiger partial charge in [-0.1, -0.05) is 60.7 Å². The van der Waals surface area contributed by atoms with Gasteiger partial charge in [-0.3, -0.25) is 9.59 Å². The molecule has 2 amide bonds. The van der Waals surface area contributed by atoms with Gasteiger partial charge in [-0.15, -0.1) is 0 Å². The topological polar surface area (TPSA) is 40.6 Å². The first kappa shape index (κ1) is 17.4. The molecule has 2 heterocycles. The van der Waals surface area contributed by atoms with Crippen molar-refractivity contribution in [1.29, 1.82) is 0 Å². The molecular formula is C25H20N2O2. The highest BCUT2D eigenvalue weighted by Gasteiger charge is 2.43. The van der Waals surface area contributed by atoms with Crippen LogP contribution in [-0.4, -0.2) is 18.4 Å². The Balaban J connectivity index is 1.69. The summed E-state index contributed by atoms with van der Waals surface area (Å²) in [5, 5.41) is 0. The first-order chi connectivity index (χ1) is 14.1. The van der Waals surface area contributed by atoms with Gasteiger partial charge in [0.15, 0.2) is 0 Å². The van der Waals surface area contributed by atoms with Crippen LogP contribution < -0.4 is 9.80 Å². The van der Waals surface area contributed by atoms with Gasteiger partial charge in [-0.05, 0) is 48.2 Å². The number of carbonyl (C=O) groups excluding carboxylic acids is 2. The van der Waals surface area contributed by atoms with Crippen LogP contribution in [0.1, 0.15) is 16.7 Å². The molecular weight excluding hydrogens is 360 g/mol. The summed E-state index contributed by atoms with van der Waals surface area (Å²) in [5.41, 5.74) is 5.51. The first-order valence-electron chi connectivity index (χ1n) is 9.76. The third-order valence-corrected chi connectivity index (χ3v) is 5.54. The molecule has 0 radical (unpaired) electrons. The lowest BCUT2D eigenvalue weighted by Gasteiger charge is -2.22. The van der Waals surface area contributed by atoms with Crippen molar-refractivity contribution in [1.82, 2.24) is 0 Å². The summed E-state index contributed by atoms with van der Waals surface area (Å²) in [5.74, 6) is -0.540. The van der Waals surface area contributed by atoms with Crippen molar-refractivity contribution < 1.29 is 9.59 Å². The molecule has 2 aliphatic rings. The lowest BCUT2D eigenvalue weighted by atomic mass is 10.0. The number of fused-ring (bicyclic) bond motifs is 1. The number of hydrogen-bond donors (Lipinski definition) is 0. The van der Waals surface area contributed by atoms with Crippen LogP contribution in [0.4, 0.5) is 11.4 Å². The number of nitrogens with zero attached hydrogens (tertiary/aromatic N) is 2. The summed E-state index contributed by atoms with van der Waals surface area (Å²) in [6.45, 7) is 2.64. The van der Waals surface area contributed by atoms with Crippen LogP contribution in [0.2, 0.25) is 0 Å². The monoisotopic (exact) mass is 380 g/mol. The van der Waals surface area contributed by atoms with Crippen molar-refractivity contribution in [2.45, 2.75) is 13.3 Å². The average molecular weight is 380 g/mol. The van der Waals surface area contributed by atoms with Gasteiger partial charge < -0.3 is 4.90 Å². The maximum absolute atomic E-state index is 13.6. The molecule has 0 bridgehead atoms. The molecule has 0 N–H and O–H groups in total. The smallest absolute Gasteiger partial charge is 0.282 e. The number of amides is 2.